The monoisotopic (exact) mass is 180 g/mol. The molecule has 0 unspecified atom stereocenters. The van der Waals surface area contributed by atoms with Crippen LogP contribution in [-0.4, -0.2) is 23.6 Å². The second kappa shape index (κ2) is 3.18. The summed E-state index contributed by atoms with van der Waals surface area (Å²) < 4.78 is 0. The van der Waals surface area contributed by atoms with Gasteiger partial charge in [0.1, 0.15) is 5.82 Å². The molecule has 0 aliphatic carbocycles. The first-order valence-corrected chi connectivity index (χ1v) is 4.32. The van der Waals surface area contributed by atoms with Gasteiger partial charge in [-0.25, -0.2) is 4.79 Å². The lowest BCUT2D eigenvalue weighted by Gasteiger charge is -2.18. The largest absolute Gasteiger partial charge is 0.373 e. The van der Waals surface area contributed by atoms with Crippen molar-refractivity contribution in [2.75, 3.05) is 18.9 Å². The Morgan fingerprint density at radius 2 is 2.38 bits per heavy atom. The molecule has 3 N–H and O–H groups in total. The number of H-pyrrole nitrogens is 1. The first-order chi connectivity index (χ1) is 6.31. The summed E-state index contributed by atoms with van der Waals surface area (Å²) in [7, 11) is 1.77. The highest BCUT2D eigenvalue weighted by Gasteiger charge is 2.14. The zero-order valence-corrected chi connectivity index (χ0v) is 7.48. The Bertz CT molecular complexity index is 351. The van der Waals surface area contributed by atoms with E-state index < -0.39 is 0 Å². The topological polar surface area (TPSA) is 69.8 Å². The molecule has 1 aliphatic rings. The van der Waals surface area contributed by atoms with E-state index in [1.807, 2.05) is 0 Å². The van der Waals surface area contributed by atoms with Gasteiger partial charge in [-0.2, -0.15) is 4.98 Å². The third-order valence-corrected chi connectivity index (χ3v) is 2.21. The van der Waals surface area contributed by atoms with E-state index in [2.05, 4.69) is 20.6 Å². The summed E-state index contributed by atoms with van der Waals surface area (Å²) in [5, 5.41) is 6.16. The smallest absolute Gasteiger partial charge is 0.347 e. The van der Waals surface area contributed by atoms with Gasteiger partial charge < -0.3 is 15.6 Å². The molecule has 1 aromatic rings. The van der Waals surface area contributed by atoms with Crippen molar-refractivity contribution < 1.29 is 0 Å². The number of aromatic nitrogens is 2. The Morgan fingerprint density at radius 3 is 3.15 bits per heavy atom. The molecule has 0 radical (unpaired) electrons. The molecule has 5 heteroatoms. The number of fused-ring (bicyclic) bond motifs is 1. The van der Waals surface area contributed by atoms with Crippen molar-refractivity contribution in [3.8, 4) is 0 Å². The predicted octanol–water partition coefficient (Wildman–Crippen LogP) is -0.543. The molecule has 0 saturated heterocycles. The van der Waals surface area contributed by atoms with Crippen molar-refractivity contribution in [3.63, 3.8) is 0 Å². The van der Waals surface area contributed by atoms with Crippen molar-refractivity contribution in [3.05, 3.63) is 21.7 Å². The van der Waals surface area contributed by atoms with Gasteiger partial charge in [0.25, 0.3) is 0 Å². The maximum absolute atomic E-state index is 11.1. The molecule has 70 valence electrons. The predicted molar refractivity (Wildman–Crippen MR) is 49.8 cm³/mol. The highest BCUT2D eigenvalue weighted by molar-refractivity contribution is 5.46. The summed E-state index contributed by atoms with van der Waals surface area (Å²) in [6.07, 6.45) is 0.863. The average molecular weight is 180 g/mol. The quantitative estimate of drug-likeness (QED) is 0.542. The van der Waals surface area contributed by atoms with Gasteiger partial charge in [-0.3, -0.25) is 0 Å². The van der Waals surface area contributed by atoms with Gasteiger partial charge in [-0.15, -0.1) is 0 Å². The van der Waals surface area contributed by atoms with E-state index in [9.17, 15) is 4.79 Å². The maximum Gasteiger partial charge on any atom is 0.347 e. The third-order valence-electron chi connectivity index (χ3n) is 2.21. The van der Waals surface area contributed by atoms with E-state index in [0.717, 1.165) is 30.8 Å². The van der Waals surface area contributed by atoms with Crippen LogP contribution in [0.1, 0.15) is 11.3 Å². The molecule has 13 heavy (non-hydrogen) atoms. The van der Waals surface area contributed by atoms with Gasteiger partial charge in [0.2, 0.25) is 0 Å². The van der Waals surface area contributed by atoms with Crippen LogP contribution in [0.3, 0.4) is 0 Å². The van der Waals surface area contributed by atoms with E-state index in [4.69, 9.17) is 0 Å². The van der Waals surface area contributed by atoms with E-state index in [-0.39, 0.29) is 5.69 Å². The third kappa shape index (κ3) is 1.42. The van der Waals surface area contributed by atoms with Gasteiger partial charge in [0, 0.05) is 37.8 Å². The van der Waals surface area contributed by atoms with Crippen LogP contribution in [0.5, 0.6) is 0 Å². The number of rotatable bonds is 1. The van der Waals surface area contributed by atoms with Crippen molar-refractivity contribution >= 4 is 5.82 Å². The Kier molecular flexibility index (Phi) is 2.02. The van der Waals surface area contributed by atoms with Crippen molar-refractivity contribution in [2.24, 2.45) is 0 Å². The fourth-order valence-electron chi connectivity index (χ4n) is 1.58. The lowest BCUT2D eigenvalue weighted by Crippen LogP contribution is -2.29. The standard InChI is InChI=1S/C8H12N4O/c1-9-7-5-4-10-3-2-6(5)11-8(13)12-7/h10H,2-4H2,1H3,(H2,9,11,12,13). The molecular weight excluding hydrogens is 168 g/mol. The zero-order chi connectivity index (χ0) is 9.26. The van der Waals surface area contributed by atoms with Crippen LogP contribution in [-0.2, 0) is 13.0 Å². The Labute approximate surface area is 75.6 Å². The van der Waals surface area contributed by atoms with Gasteiger partial charge in [0.05, 0.1) is 0 Å². The fraction of sp³-hybridized carbons (Fsp3) is 0.500. The summed E-state index contributed by atoms with van der Waals surface area (Å²) in [5.41, 5.74) is 1.81. The first-order valence-electron chi connectivity index (χ1n) is 4.32. The molecule has 0 saturated carbocycles. The van der Waals surface area contributed by atoms with Gasteiger partial charge in [-0.1, -0.05) is 0 Å². The Hall–Kier alpha value is -1.36. The fourth-order valence-corrected chi connectivity index (χ4v) is 1.58. The van der Waals surface area contributed by atoms with E-state index in [0.29, 0.717) is 5.82 Å². The second-order valence-corrected chi connectivity index (χ2v) is 3.02. The lowest BCUT2D eigenvalue weighted by atomic mass is 10.1. The molecule has 0 spiro atoms. The minimum atomic E-state index is -0.273. The molecule has 2 heterocycles. The van der Waals surface area contributed by atoms with E-state index in [1.165, 1.54) is 0 Å². The normalized spacial score (nSPS) is 15.2. The Balaban J connectivity index is 2.57. The summed E-state index contributed by atoms with van der Waals surface area (Å²) in [6.45, 7) is 1.69. The Morgan fingerprint density at radius 1 is 1.54 bits per heavy atom. The summed E-state index contributed by atoms with van der Waals surface area (Å²) in [5.74, 6) is 0.686. The second-order valence-electron chi connectivity index (χ2n) is 3.02. The molecule has 0 amide bonds. The van der Waals surface area contributed by atoms with Gasteiger partial charge >= 0.3 is 5.69 Å². The molecular formula is C8H12N4O. The number of hydrogen-bond acceptors (Lipinski definition) is 4. The van der Waals surface area contributed by atoms with Crippen LogP contribution >= 0.6 is 0 Å². The molecule has 0 fully saturated rings. The van der Waals surface area contributed by atoms with Crippen LogP contribution in [0.25, 0.3) is 0 Å². The molecule has 2 rings (SSSR count). The maximum atomic E-state index is 11.1. The van der Waals surface area contributed by atoms with Crippen molar-refractivity contribution in [2.45, 2.75) is 13.0 Å². The highest BCUT2D eigenvalue weighted by atomic mass is 16.1. The average Bonchev–Trinajstić information content (AvgIpc) is 2.16. The van der Waals surface area contributed by atoms with E-state index in [1.54, 1.807) is 7.05 Å². The molecule has 1 aliphatic heterocycles. The van der Waals surface area contributed by atoms with Crippen LogP contribution in [0.15, 0.2) is 4.79 Å². The molecule has 1 aromatic heterocycles. The molecule has 5 nitrogen and oxygen atoms in total. The molecule has 0 atom stereocenters. The highest BCUT2D eigenvalue weighted by Crippen LogP contribution is 2.15. The number of anilines is 1. The SMILES string of the molecule is CNc1nc(=O)[nH]c2c1CNCC2. The lowest BCUT2D eigenvalue weighted by molar-refractivity contribution is 0.624. The number of nitrogens with zero attached hydrogens (tertiary/aromatic N) is 1. The zero-order valence-electron chi connectivity index (χ0n) is 7.48. The summed E-state index contributed by atoms with van der Waals surface area (Å²) in [6, 6.07) is 0. The van der Waals surface area contributed by atoms with Crippen LogP contribution in [0, 0.1) is 0 Å². The number of nitrogens with one attached hydrogen (secondary N) is 3. The summed E-state index contributed by atoms with van der Waals surface area (Å²) >= 11 is 0. The number of hydrogen-bond donors (Lipinski definition) is 3. The van der Waals surface area contributed by atoms with E-state index >= 15 is 0 Å². The van der Waals surface area contributed by atoms with Gasteiger partial charge in [0.15, 0.2) is 0 Å². The van der Waals surface area contributed by atoms with Crippen molar-refractivity contribution in [1.82, 2.24) is 15.3 Å². The minimum absolute atomic E-state index is 0.273. The minimum Gasteiger partial charge on any atom is -0.373 e. The number of aromatic amines is 1. The van der Waals surface area contributed by atoms with Gasteiger partial charge in [-0.05, 0) is 0 Å². The van der Waals surface area contributed by atoms with Crippen molar-refractivity contribution in [1.29, 1.82) is 0 Å². The molecule has 0 aromatic carbocycles. The first kappa shape index (κ1) is 8.25. The molecule has 0 bridgehead atoms. The van der Waals surface area contributed by atoms with Crippen LogP contribution in [0.2, 0.25) is 0 Å². The van der Waals surface area contributed by atoms with Crippen LogP contribution < -0.4 is 16.3 Å². The summed E-state index contributed by atoms with van der Waals surface area (Å²) in [4.78, 5) is 17.7. The van der Waals surface area contributed by atoms with Crippen LogP contribution in [0.4, 0.5) is 5.82 Å².